The van der Waals surface area contributed by atoms with Gasteiger partial charge >= 0.3 is 5.97 Å². The average Bonchev–Trinajstić information content (AvgIpc) is 2.82. The molecule has 192 valence electrons. The van der Waals surface area contributed by atoms with Gasteiger partial charge in [-0.1, -0.05) is 24.3 Å². The molecule has 0 aromatic heterocycles. The maximum atomic E-state index is 12.9. The van der Waals surface area contributed by atoms with Crippen molar-refractivity contribution in [3.8, 4) is 0 Å². The molecule has 0 unspecified atom stereocenters. The van der Waals surface area contributed by atoms with Crippen LogP contribution in [-0.4, -0.2) is 76.3 Å². The van der Waals surface area contributed by atoms with Gasteiger partial charge in [0.05, 0.1) is 10.9 Å². The maximum absolute atomic E-state index is 12.9. The number of nitrogens with two attached hydrogens (primary N) is 1. The Morgan fingerprint density at radius 3 is 2.37 bits per heavy atom. The number of carbonyl (C=O) groups excluding carboxylic acids is 2. The van der Waals surface area contributed by atoms with Gasteiger partial charge in [-0.15, -0.1) is 0 Å². The van der Waals surface area contributed by atoms with Crippen molar-refractivity contribution in [3.63, 3.8) is 0 Å². The molecule has 0 saturated carbocycles. The molecule has 0 spiro atoms. The summed E-state index contributed by atoms with van der Waals surface area (Å²) in [7, 11) is -0.101. The number of benzene rings is 2. The van der Waals surface area contributed by atoms with Crippen LogP contribution < -0.4 is 26.0 Å². The molecule has 0 fully saturated rings. The zero-order valence-corrected chi connectivity index (χ0v) is 21.2. The van der Waals surface area contributed by atoms with E-state index in [9.17, 15) is 27.9 Å². The molecule has 35 heavy (non-hydrogen) atoms. The molecule has 2 aromatic carbocycles. The number of carboxylic acid groups (broad SMARTS) is 1. The van der Waals surface area contributed by atoms with E-state index < -0.39 is 39.9 Å². The summed E-state index contributed by atoms with van der Waals surface area (Å²) in [6.45, 7) is -0.0614. The van der Waals surface area contributed by atoms with Gasteiger partial charge in [-0.05, 0) is 18.6 Å². The predicted molar refractivity (Wildman–Crippen MR) is 137 cm³/mol. The Morgan fingerprint density at radius 1 is 1.09 bits per heavy atom. The molecule has 0 radical (unpaired) electrons. The van der Waals surface area contributed by atoms with Crippen LogP contribution >= 0.6 is 12.6 Å². The second kappa shape index (κ2) is 12.7. The van der Waals surface area contributed by atoms with Crippen LogP contribution in [0.1, 0.15) is 12.8 Å². The summed E-state index contributed by atoms with van der Waals surface area (Å²) in [5, 5.41) is 15.4. The summed E-state index contributed by atoms with van der Waals surface area (Å²) in [6.07, 6.45) is -0.334. The average molecular weight is 526 g/mol. The summed E-state index contributed by atoms with van der Waals surface area (Å²) in [4.78, 5) is 37.2. The summed E-state index contributed by atoms with van der Waals surface area (Å²) >= 11 is 3.89. The first kappa shape index (κ1) is 28.4. The number of nitrogens with one attached hydrogen (secondary N) is 3. The predicted octanol–water partition coefficient (Wildman–Crippen LogP) is -0.0930. The van der Waals surface area contributed by atoms with Crippen molar-refractivity contribution in [1.82, 2.24) is 15.4 Å². The highest BCUT2D eigenvalue weighted by molar-refractivity contribution is 7.89. The number of carbonyl (C=O) groups is 3. The van der Waals surface area contributed by atoms with Gasteiger partial charge in [0.25, 0.3) is 0 Å². The zero-order chi connectivity index (χ0) is 26.2. The maximum Gasteiger partial charge on any atom is 0.326 e. The van der Waals surface area contributed by atoms with Crippen molar-refractivity contribution in [1.29, 1.82) is 0 Å². The largest absolute Gasteiger partial charge is 0.480 e. The fourth-order valence-corrected chi connectivity index (χ4v) is 4.75. The van der Waals surface area contributed by atoms with Crippen LogP contribution in [0.3, 0.4) is 0 Å². The molecule has 2 amide bonds. The van der Waals surface area contributed by atoms with Crippen LogP contribution in [0.15, 0.2) is 41.3 Å². The number of carboxylic acids is 1. The lowest BCUT2D eigenvalue weighted by atomic mass is 10.1. The Bertz CT molecular complexity index is 1170. The van der Waals surface area contributed by atoms with Crippen LogP contribution in [-0.2, 0) is 24.4 Å². The number of hydrogen-bond acceptors (Lipinski definition) is 8. The van der Waals surface area contributed by atoms with Gasteiger partial charge < -0.3 is 26.4 Å². The van der Waals surface area contributed by atoms with Crippen LogP contribution in [0.25, 0.3) is 10.8 Å². The second-order valence-electron chi connectivity index (χ2n) is 8.00. The molecule has 2 rings (SSSR count). The Kier molecular flexibility index (Phi) is 10.3. The number of aliphatic carboxylic acids is 1. The van der Waals surface area contributed by atoms with E-state index in [1.54, 1.807) is 18.2 Å². The molecule has 2 aromatic rings. The van der Waals surface area contributed by atoms with Crippen molar-refractivity contribution >= 4 is 56.9 Å². The van der Waals surface area contributed by atoms with E-state index in [0.29, 0.717) is 5.39 Å². The monoisotopic (exact) mass is 525 g/mol. The van der Waals surface area contributed by atoms with E-state index in [1.807, 2.05) is 31.1 Å². The van der Waals surface area contributed by atoms with Crippen LogP contribution in [0.4, 0.5) is 5.69 Å². The summed E-state index contributed by atoms with van der Waals surface area (Å²) in [5.74, 6) is -2.40. The van der Waals surface area contributed by atoms with E-state index in [-0.39, 0.29) is 36.6 Å². The molecule has 0 aliphatic carbocycles. The molecule has 13 heteroatoms. The molecule has 0 heterocycles. The van der Waals surface area contributed by atoms with Crippen LogP contribution in [0.5, 0.6) is 0 Å². The van der Waals surface area contributed by atoms with E-state index in [4.69, 9.17) is 5.73 Å². The first-order valence-corrected chi connectivity index (χ1v) is 12.9. The number of rotatable bonds is 13. The Morgan fingerprint density at radius 2 is 1.74 bits per heavy atom. The number of fused-ring (bicyclic) bond motifs is 1. The first-order valence-electron chi connectivity index (χ1n) is 10.8. The summed E-state index contributed by atoms with van der Waals surface area (Å²) in [6, 6.07) is 8.22. The minimum atomic E-state index is -3.85. The lowest BCUT2D eigenvalue weighted by Crippen LogP contribution is -2.49. The molecule has 0 aliphatic heterocycles. The molecule has 0 saturated heterocycles. The van der Waals surface area contributed by atoms with Crippen molar-refractivity contribution < 1.29 is 27.9 Å². The third kappa shape index (κ3) is 7.82. The molecule has 2 atom stereocenters. The number of thiol groups is 1. The van der Waals surface area contributed by atoms with E-state index in [2.05, 4.69) is 28.0 Å². The van der Waals surface area contributed by atoms with Gasteiger partial charge in [0.1, 0.15) is 6.04 Å². The highest BCUT2D eigenvalue weighted by Crippen LogP contribution is 2.29. The quantitative estimate of drug-likeness (QED) is 0.156. The number of amides is 2. The molecule has 11 nitrogen and oxygen atoms in total. The molecular weight excluding hydrogens is 494 g/mol. The van der Waals surface area contributed by atoms with Gasteiger partial charge in [0.2, 0.25) is 21.8 Å². The summed E-state index contributed by atoms with van der Waals surface area (Å²) in [5.41, 5.74) is 6.40. The topological polar surface area (TPSA) is 171 Å². The highest BCUT2D eigenvalue weighted by Gasteiger charge is 2.23. The zero-order valence-electron chi connectivity index (χ0n) is 19.5. The van der Waals surface area contributed by atoms with Gasteiger partial charge in [-0.25, -0.2) is 17.9 Å². The van der Waals surface area contributed by atoms with Crippen molar-refractivity contribution in [2.45, 2.75) is 29.8 Å². The third-order valence-corrected chi connectivity index (χ3v) is 7.09. The van der Waals surface area contributed by atoms with Gasteiger partial charge in [-0.2, -0.15) is 12.6 Å². The van der Waals surface area contributed by atoms with Crippen molar-refractivity contribution in [2.24, 2.45) is 5.73 Å². The Hall–Kier alpha value is -2.87. The van der Waals surface area contributed by atoms with Crippen molar-refractivity contribution in [3.05, 3.63) is 36.4 Å². The van der Waals surface area contributed by atoms with Crippen LogP contribution in [0, 0.1) is 0 Å². The molecule has 0 aliphatic rings. The van der Waals surface area contributed by atoms with Crippen LogP contribution in [0.2, 0.25) is 0 Å². The van der Waals surface area contributed by atoms with E-state index >= 15 is 0 Å². The number of anilines is 1. The number of nitrogens with zero attached hydrogens (tertiary/aromatic N) is 1. The Labute approximate surface area is 209 Å². The second-order valence-corrected chi connectivity index (χ2v) is 10.1. The molecule has 6 N–H and O–H groups in total. The lowest BCUT2D eigenvalue weighted by Gasteiger charge is -2.17. The van der Waals surface area contributed by atoms with Crippen molar-refractivity contribution in [2.75, 3.05) is 37.8 Å². The normalized spacial score (nSPS) is 13.1. The third-order valence-electron chi connectivity index (χ3n) is 5.18. The number of sulfonamides is 1. The highest BCUT2D eigenvalue weighted by atomic mass is 32.2. The number of hydrogen-bond donors (Lipinski definition) is 6. The van der Waals surface area contributed by atoms with Gasteiger partial charge in [0, 0.05) is 55.8 Å². The van der Waals surface area contributed by atoms with E-state index in [0.717, 1.165) is 11.1 Å². The summed E-state index contributed by atoms with van der Waals surface area (Å²) < 4.78 is 28.2. The fraction of sp³-hybridized carbons (Fsp3) is 0.409. The molecular formula is C22H31N5O6S2. The minimum absolute atomic E-state index is 0.000398. The van der Waals surface area contributed by atoms with Gasteiger partial charge in [-0.3, -0.25) is 9.59 Å². The standard InChI is InChI=1S/C22H31N5O6S2/c1-27(2)18-7-3-6-15-14(18)5-4-8-19(15)35(32,33)25-12-11-24-20(28)10-9-17(22(30)31)26-21(29)16(23)13-34/h3-8,16-17,25,34H,9-13,23H2,1-2H3,(H,24,28)(H,26,29)(H,30,31)/t16-,17-/m0/s1. The first-order chi connectivity index (χ1) is 16.5. The lowest BCUT2D eigenvalue weighted by molar-refractivity contribution is -0.142. The SMILES string of the molecule is CN(C)c1cccc2c(S(=O)(=O)NCCNC(=O)CC[C@H](NC(=O)[C@@H](N)CS)C(=O)O)cccc12. The fourth-order valence-electron chi connectivity index (χ4n) is 3.34. The van der Waals surface area contributed by atoms with Gasteiger partial charge in [0.15, 0.2) is 0 Å². The minimum Gasteiger partial charge on any atom is -0.480 e. The smallest absolute Gasteiger partial charge is 0.326 e. The Balaban J connectivity index is 1.91. The molecule has 0 bridgehead atoms. The van der Waals surface area contributed by atoms with E-state index in [1.165, 1.54) is 6.07 Å².